The van der Waals surface area contributed by atoms with Crippen molar-refractivity contribution in [3.63, 3.8) is 0 Å². The van der Waals surface area contributed by atoms with E-state index in [1.54, 1.807) is 40.1 Å². The summed E-state index contributed by atoms with van der Waals surface area (Å²) in [5, 5.41) is 3.43. The van der Waals surface area contributed by atoms with Gasteiger partial charge in [0.15, 0.2) is 0 Å². The molecular weight excluding hydrogens is 366 g/mol. The first kappa shape index (κ1) is 18.9. The zero-order valence-electron chi connectivity index (χ0n) is 14.7. The summed E-state index contributed by atoms with van der Waals surface area (Å²) < 4.78 is 0. The van der Waals surface area contributed by atoms with E-state index in [4.69, 9.17) is 11.6 Å². The predicted molar refractivity (Wildman–Crippen MR) is 103 cm³/mol. The van der Waals surface area contributed by atoms with E-state index in [0.29, 0.717) is 48.9 Å². The summed E-state index contributed by atoms with van der Waals surface area (Å²) in [4.78, 5) is 38.9. The maximum atomic E-state index is 12.5. The smallest absolute Gasteiger partial charge is 0.253 e. The van der Waals surface area contributed by atoms with E-state index in [-0.39, 0.29) is 11.8 Å². The average Bonchev–Trinajstić information content (AvgIpc) is 2.72. The molecule has 2 aromatic carbocycles. The summed E-state index contributed by atoms with van der Waals surface area (Å²) >= 11 is 6.09. The maximum Gasteiger partial charge on any atom is 0.253 e. The lowest BCUT2D eigenvalue weighted by Gasteiger charge is -2.32. The Kier molecular flexibility index (Phi) is 6.08. The normalized spacial score (nSPS) is 14.0. The third kappa shape index (κ3) is 4.65. The molecule has 6 nitrogen and oxygen atoms in total. The molecule has 0 atom stereocenters. The van der Waals surface area contributed by atoms with Gasteiger partial charge in [-0.1, -0.05) is 29.8 Å². The van der Waals surface area contributed by atoms with Crippen LogP contribution in [0, 0.1) is 0 Å². The van der Waals surface area contributed by atoms with Crippen molar-refractivity contribution in [3.8, 4) is 0 Å². The second-order valence-electron chi connectivity index (χ2n) is 6.29. The largest absolute Gasteiger partial charge is 0.348 e. The van der Waals surface area contributed by atoms with Crippen LogP contribution in [0.25, 0.3) is 0 Å². The van der Waals surface area contributed by atoms with Gasteiger partial charge in [-0.15, -0.1) is 0 Å². The Hall–Kier alpha value is -2.86. The Morgan fingerprint density at radius 3 is 2.22 bits per heavy atom. The first-order chi connectivity index (χ1) is 13.1. The molecule has 7 heteroatoms. The standard InChI is InChI=1S/C20H20ClN3O3/c21-18-4-2-1-3-17(18)13-22-19(26)15-5-7-16(8-6-15)20(27)24-11-9-23(14-25)10-12-24/h1-8,14H,9-13H2,(H,22,26). The molecule has 1 saturated heterocycles. The van der Waals surface area contributed by atoms with E-state index in [1.165, 1.54) is 0 Å². The number of halogens is 1. The number of rotatable bonds is 5. The molecule has 3 amide bonds. The van der Waals surface area contributed by atoms with Crippen LogP contribution >= 0.6 is 11.6 Å². The molecule has 0 bridgehead atoms. The van der Waals surface area contributed by atoms with E-state index in [2.05, 4.69) is 5.32 Å². The van der Waals surface area contributed by atoms with Crippen LogP contribution in [-0.2, 0) is 11.3 Å². The quantitative estimate of drug-likeness (QED) is 0.802. The molecule has 0 unspecified atom stereocenters. The van der Waals surface area contributed by atoms with Crippen molar-refractivity contribution in [2.24, 2.45) is 0 Å². The number of nitrogens with zero attached hydrogens (tertiary/aromatic N) is 2. The number of carbonyl (C=O) groups is 3. The van der Waals surface area contributed by atoms with E-state index in [1.807, 2.05) is 18.2 Å². The van der Waals surface area contributed by atoms with Gasteiger partial charge >= 0.3 is 0 Å². The van der Waals surface area contributed by atoms with Crippen LogP contribution in [0.2, 0.25) is 5.02 Å². The number of hydrogen-bond donors (Lipinski definition) is 1. The molecule has 1 heterocycles. The zero-order valence-corrected chi connectivity index (χ0v) is 15.5. The average molecular weight is 386 g/mol. The van der Waals surface area contributed by atoms with Gasteiger partial charge in [0, 0.05) is 48.9 Å². The van der Waals surface area contributed by atoms with Crippen molar-refractivity contribution in [1.29, 1.82) is 0 Å². The number of piperazine rings is 1. The van der Waals surface area contributed by atoms with Gasteiger partial charge < -0.3 is 15.1 Å². The van der Waals surface area contributed by atoms with Gasteiger partial charge in [-0.3, -0.25) is 14.4 Å². The van der Waals surface area contributed by atoms with Crippen LogP contribution in [0.3, 0.4) is 0 Å². The monoisotopic (exact) mass is 385 g/mol. The molecule has 1 fully saturated rings. The van der Waals surface area contributed by atoms with Gasteiger partial charge in [0.25, 0.3) is 11.8 Å². The molecule has 1 aliphatic rings. The van der Waals surface area contributed by atoms with E-state index in [9.17, 15) is 14.4 Å². The maximum absolute atomic E-state index is 12.5. The molecule has 140 valence electrons. The molecule has 0 spiro atoms. The lowest BCUT2D eigenvalue weighted by molar-refractivity contribution is -0.119. The van der Waals surface area contributed by atoms with Crippen molar-refractivity contribution >= 4 is 29.8 Å². The predicted octanol–water partition coefficient (Wildman–Crippen LogP) is 2.18. The minimum Gasteiger partial charge on any atom is -0.348 e. The Morgan fingerprint density at radius 1 is 0.963 bits per heavy atom. The van der Waals surface area contributed by atoms with E-state index < -0.39 is 0 Å². The van der Waals surface area contributed by atoms with Crippen molar-refractivity contribution in [1.82, 2.24) is 15.1 Å². The fourth-order valence-corrected chi connectivity index (χ4v) is 3.10. The minimum atomic E-state index is -0.228. The van der Waals surface area contributed by atoms with Gasteiger partial charge in [0.2, 0.25) is 6.41 Å². The summed E-state index contributed by atoms with van der Waals surface area (Å²) in [6, 6.07) is 13.9. The molecule has 0 saturated carbocycles. The Balaban J connectivity index is 1.58. The molecule has 0 radical (unpaired) electrons. The summed E-state index contributed by atoms with van der Waals surface area (Å²) in [6.07, 6.45) is 0.803. The first-order valence-corrected chi connectivity index (χ1v) is 9.06. The highest BCUT2D eigenvalue weighted by Gasteiger charge is 2.21. The second kappa shape index (κ2) is 8.68. The molecule has 1 N–H and O–H groups in total. The van der Waals surface area contributed by atoms with Crippen molar-refractivity contribution < 1.29 is 14.4 Å². The third-order valence-electron chi connectivity index (χ3n) is 4.54. The zero-order chi connectivity index (χ0) is 19.2. The highest BCUT2D eigenvalue weighted by molar-refractivity contribution is 6.31. The summed E-state index contributed by atoms with van der Waals surface area (Å²) in [5.74, 6) is -0.322. The third-order valence-corrected chi connectivity index (χ3v) is 4.91. The fraction of sp³-hybridized carbons (Fsp3) is 0.250. The van der Waals surface area contributed by atoms with Crippen LogP contribution in [0.1, 0.15) is 26.3 Å². The number of amides is 3. The second-order valence-corrected chi connectivity index (χ2v) is 6.69. The van der Waals surface area contributed by atoms with Gasteiger partial charge in [0.05, 0.1) is 0 Å². The summed E-state index contributed by atoms with van der Waals surface area (Å²) in [6.45, 7) is 2.44. The Morgan fingerprint density at radius 2 is 1.59 bits per heavy atom. The lowest BCUT2D eigenvalue weighted by Crippen LogP contribution is -2.48. The first-order valence-electron chi connectivity index (χ1n) is 8.69. The summed E-state index contributed by atoms with van der Waals surface area (Å²) in [7, 11) is 0. The molecule has 0 aromatic heterocycles. The topological polar surface area (TPSA) is 69.7 Å². The van der Waals surface area contributed by atoms with Crippen molar-refractivity contribution in [2.75, 3.05) is 26.2 Å². The Labute approximate surface area is 162 Å². The van der Waals surface area contributed by atoms with Gasteiger partial charge in [-0.25, -0.2) is 0 Å². The molecular formula is C20H20ClN3O3. The van der Waals surface area contributed by atoms with Crippen molar-refractivity contribution in [2.45, 2.75) is 6.54 Å². The van der Waals surface area contributed by atoms with E-state index in [0.717, 1.165) is 12.0 Å². The lowest BCUT2D eigenvalue weighted by atomic mass is 10.1. The van der Waals surface area contributed by atoms with Crippen LogP contribution in [0.15, 0.2) is 48.5 Å². The Bertz CT molecular complexity index is 831. The van der Waals surface area contributed by atoms with Gasteiger partial charge in [0.1, 0.15) is 0 Å². The highest BCUT2D eigenvalue weighted by Crippen LogP contribution is 2.15. The fourth-order valence-electron chi connectivity index (χ4n) is 2.90. The molecule has 1 aliphatic heterocycles. The number of benzene rings is 2. The number of carbonyl (C=O) groups excluding carboxylic acids is 3. The van der Waals surface area contributed by atoms with Crippen LogP contribution in [0.4, 0.5) is 0 Å². The molecule has 27 heavy (non-hydrogen) atoms. The molecule has 2 aromatic rings. The number of hydrogen-bond acceptors (Lipinski definition) is 3. The van der Waals surface area contributed by atoms with Gasteiger partial charge in [-0.05, 0) is 35.9 Å². The SMILES string of the molecule is O=CN1CCN(C(=O)c2ccc(C(=O)NCc3ccccc3Cl)cc2)CC1. The van der Waals surface area contributed by atoms with Crippen LogP contribution in [-0.4, -0.2) is 54.2 Å². The van der Waals surface area contributed by atoms with Crippen molar-refractivity contribution in [3.05, 3.63) is 70.2 Å². The van der Waals surface area contributed by atoms with Gasteiger partial charge in [-0.2, -0.15) is 0 Å². The minimum absolute atomic E-state index is 0.0939. The highest BCUT2D eigenvalue weighted by atomic mass is 35.5. The summed E-state index contributed by atoms with van der Waals surface area (Å²) in [5.41, 5.74) is 1.84. The van der Waals surface area contributed by atoms with Crippen LogP contribution < -0.4 is 5.32 Å². The van der Waals surface area contributed by atoms with Crippen LogP contribution in [0.5, 0.6) is 0 Å². The molecule has 3 rings (SSSR count). The molecule has 0 aliphatic carbocycles. The number of nitrogens with one attached hydrogen (secondary N) is 1. The van der Waals surface area contributed by atoms with E-state index >= 15 is 0 Å².